The summed E-state index contributed by atoms with van der Waals surface area (Å²) in [5.74, 6) is -0.684. The molecule has 0 saturated carbocycles. The Morgan fingerprint density at radius 3 is 2.27 bits per heavy atom. The second-order valence-corrected chi connectivity index (χ2v) is 12.8. The predicted molar refractivity (Wildman–Crippen MR) is 161 cm³/mol. The van der Waals surface area contributed by atoms with Gasteiger partial charge in [-0.05, 0) is 76.6 Å². The van der Waals surface area contributed by atoms with Gasteiger partial charge in [0.05, 0.1) is 23.0 Å². The van der Waals surface area contributed by atoms with E-state index >= 15 is 0 Å². The maximum atomic E-state index is 13.7. The van der Waals surface area contributed by atoms with Crippen molar-refractivity contribution in [3.05, 3.63) is 63.6 Å². The number of carbonyl (C=O) groups excluding carboxylic acids is 2. The lowest BCUT2D eigenvalue weighted by Gasteiger charge is -2.24. The highest BCUT2D eigenvalue weighted by molar-refractivity contribution is 7.92. The number of benzene rings is 2. The number of hydrogen-bond donors (Lipinski definition) is 3. The molecule has 2 aromatic rings. The number of hydrogen-bond acceptors (Lipinski definition) is 7. The van der Waals surface area contributed by atoms with Crippen molar-refractivity contribution in [1.29, 1.82) is 0 Å². The summed E-state index contributed by atoms with van der Waals surface area (Å²) in [6, 6.07) is 12.0. The Kier molecular flexibility index (Phi) is 14.4. The van der Waals surface area contributed by atoms with E-state index in [4.69, 9.17) is 28.9 Å². The zero-order valence-corrected chi connectivity index (χ0v) is 25.8. The maximum Gasteiger partial charge on any atom is 0.241 e. The van der Waals surface area contributed by atoms with E-state index in [1.807, 2.05) is 44.4 Å². The highest BCUT2D eigenvalue weighted by atomic mass is 35.5. The van der Waals surface area contributed by atoms with E-state index in [9.17, 15) is 18.0 Å². The first-order valence-electron chi connectivity index (χ1n) is 13.3. The fourth-order valence-electron chi connectivity index (χ4n) is 4.07. The van der Waals surface area contributed by atoms with Crippen LogP contribution < -0.4 is 16.4 Å². The van der Waals surface area contributed by atoms with E-state index in [2.05, 4.69) is 15.5 Å². The van der Waals surface area contributed by atoms with Gasteiger partial charge in [-0.25, -0.2) is 8.42 Å². The molecule has 0 fully saturated rings. The minimum absolute atomic E-state index is 0.0476. The van der Waals surface area contributed by atoms with Crippen LogP contribution >= 0.6 is 23.2 Å². The van der Waals surface area contributed by atoms with Gasteiger partial charge in [-0.2, -0.15) is 0 Å². The molecule has 0 spiro atoms. The normalized spacial score (nSPS) is 12.4. The first-order valence-corrected chi connectivity index (χ1v) is 15.6. The van der Waals surface area contributed by atoms with Crippen LogP contribution in [0.2, 0.25) is 10.0 Å². The van der Waals surface area contributed by atoms with Crippen LogP contribution in [0.5, 0.6) is 0 Å². The lowest BCUT2D eigenvalue weighted by molar-refractivity contribution is -0.132. The Bertz CT molecular complexity index is 1210. The number of nitrogens with two attached hydrogens (primary N) is 1. The van der Waals surface area contributed by atoms with Crippen molar-refractivity contribution in [2.45, 2.75) is 42.9 Å². The standard InChI is InChI=1S/C28H41Cl2N5O4S/c1-21-23(29)12-13-24(28(21)30)40(38,39)26(18-22-10-5-4-6-11-22)33-19-25(36)32-20-27(37)35(16-8-7-14-31)17-9-15-34(2)3/h4-6,10-13,26,33H,7-9,14-20,31H2,1-3H3,(H,32,36). The van der Waals surface area contributed by atoms with E-state index in [-0.39, 0.29) is 35.3 Å². The second kappa shape index (κ2) is 16.9. The summed E-state index contributed by atoms with van der Waals surface area (Å²) in [5.41, 5.74) is 6.82. The molecular formula is C28H41Cl2N5O4S. The molecular weight excluding hydrogens is 573 g/mol. The van der Waals surface area contributed by atoms with Crippen molar-refractivity contribution in [1.82, 2.24) is 20.4 Å². The Morgan fingerprint density at radius 2 is 1.62 bits per heavy atom. The molecule has 40 heavy (non-hydrogen) atoms. The molecule has 1 unspecified atom stereocenters. The molecule has 12 heteroatoms. The van der Waals surface area contributed by atoms with E-state index in [1.54, 1.807) is 11.8 Å². The third-order valence-corrected chi connectivity index (χ3v) is 9.47. The molecule has 0 radical (unpaired) electrons. The van der Waals surface area contributed by atoms with Crippen molar-refractivity contribution in [3.63, 3.8) is 0 Å². The Hall–Kier alpha value is -2.21. The number of carbonyl (C=O) groups is 2. The van der Waals surface area contributed by atoms with Gasteiger partial charge in [0.25, 0.3) is 0 Å². The van der Waals surface area contributed by atoms with Gasteiger partial charge in [0.2, 0.25) is 11.8 Å². The molecule has 0 aliphatic carbocycles. The molecule has 2 aromatic carbocycles. The Balaban J connectivity index is 2.09. The summed E-state index contributed by atoms with van der Waals surface area (Å²) in [4.78, 5) is 29.3. The number of unbranched alkanes of at least 4 members (excludes halogenated alkanes) is 1. The molecule has 1 atom stereocenters. The van der Waals surface area contributed by atoms with Crippen molar-refractivity contribution in [2.75, 3.05) is 53.4 Å². The van der Waals surface area contributed by atoms with E-state index in [1.165, 1.54) is 12.1 Å². The van der Waals surface area contributed by atoms with Gasteiger partial charge in [-0.1, -0.05) is 53.5 Å². The summed E-state index contributed by atoms with van der Waals surface area (Å²) < 4.78 is 27.3. The SMILES string of the molecule is Cc1c(Cl)ccc(S(=O)(=O)C(Cc2ccccc2)NCC(=O)NCC(=O)N(CCCCN)CCCN(C)C)c1Cl. The first kappa shape index (κ1) is 34.0. The van der Waals surface area contributed by atoms with Crippen LogP contribution in [0.4, 0.5) is 0 Å². The zero-order chi connectivity index (χ0) is 29.7. The average molecular weight is 615 g/mol. The molecule has 0 aliphatic heterocycles. The van der Waals surface area contributed by atoms with Gasteiger partial charge in [0, 0.05) is 24.5 Å². The van der Waals surface area contributed by atoms with Crippen LogP contribution in [0, 0.1) is 6.92 Å². The lowest BCUT2D eigenvalue weighted by atomic mass is 10.1. The minimum Gasteiger partial charge on any atom is -0.346 e. The van der Waals surface area contributed by atoms with Gasteiger partial charge in [0.15, 0.2) is 9.84 Å². The highest BCUT2D eigenvalue weighted by Crippen LogP contribution is 2.32. The van der Waals surface area contributed by atoms with Gasteiger partial charge < -0.3 is 20.9 Å². The number of nitrogens with zero attached hydrogens (tertiary/aromatic N) is 2. The Labute approximate surface area is 248 Å². The zero-order valence-electron chi connectivity index (χ0n) is 23.5. The average Bonchev–Trinajstić information content (AvgIpc) is 2.92. The predicted octanol–water partition coefficient (Wildman–Crippen LogP) is 2.87. The Morgan fingerprint density at radius 1 is 0.950 bits per heavy atom. The van der Waals surface area contributed by atoms with Crippen molar-refractivity contribution in [3.8, 4) is 0 Å². The quantitative estimate of drug-likeness (QED) is 0.234. The number of nitrogens with one attached hydrogen (secondary N) is 2. The van der Waals surface area contributed by atoms with Crippen molar-refractivity contribution >= 4 is 44.9 Å². The molecule has 2 rings (SSSR count). The summed E-state index contributed by atoms with van der Waals surface area (Å²) >= 11 is 12.5. The van der Waals surface area contributed by atoms with Crippen LogP contribution in [0.3, 0.4) is 0 Å². The van der Waals surface area contributed by atoms with Crippen LogP contribution in [-0.2, 0) is 25.8 Å². The second-order valence-electron chi connectivity index (χ2n) is 9.90. The topological polar surface area (TPSA) is 125 Å². The third kappa shape index (κ3) is 10.6. The summed E-state index contributed by atoms with van der Waals surface area (Å²) in [7, 11) is -0.0642. The molecule has 4 N–H and O–H groups in total. The van der Waals surface area contributed by atoms with Crippen molar-refractivity contribution in [2.24, 2.45) is 5.73 Å². The van der Waals surface area contributed by atoms with Crippen molar-refractivity contribution < 1.29 is 18.0 Å². The maximum absolute atomic E-state index is 13.7. The lowest BCUT2D eigenvalue weighted by Crippen LogP contribution is -2.47. The number of rotatable bonds is 17. The van der Waals surface area contributed by atoms with Gasteiger partial charge in [-0.3, -0.25) is 14.9 Å². The van der Waals surface area contributed by atoms with Crippen LogP contribution in [0.15, 0.2) is 47.4 Å². The molecule has 2 amide bonds. The van der Waals surface area contributed by atoms with Crippen LogP contribution in [-0.4, -0.2) is 88.8 Å². The third-order valence-electron chi connectivity index (χ3n) is 6.43. The van der Waals surface area contributed by atoms with Gasteiger partial charge >= 0.3 is 0 Å². The van der Waals surface area contributed by atoms with E-state index in [0.717, 1.165) is 31.4 Å². The van der Waals surface area contributed by atoms with E-state index < -0.39 is 21.1 Å². The minimum atomic E-state index is -4.01. The monoisotopic (exact) mass is 613 g/mol. The highest BCUT2D eigenvalue weighted by Gasteiger charge is 2.31. The molecule has 0 bridgehead atoms. The smallest absolute Gasteiger partial charge is 0.241 e. The number of sulfone groups is 1. The fourth-order valence-corrected chi connectivity index (χ4v) is 6.45. The van der Waals surface area contributed by atoms with Crippen LogP contribution in [0.25, 0.3) is 0 Å². The van der Waals surface area contributed by atoms with Gasteiger partial charge in [0.1, 0.15) is 5.37 Å². The molecule has 0 heterocycles. The molecule has 9 nitrogen and oxygen atoms in total. The van der Waals surface area contributed by atoms with Crippen LogP contribution in [0.1, 0.15) is 30.4 Å². The summed E-state index contributed by atoms with van der Waals surface area (Å²) in [5, 5.41) is 4.76. The largest absolute Gasteiger partial charge is 0.346 e. The number of amides is 2. The molecule has 0 aliphatic rings. The number of halogens is 2. The molecule has 0 aromatic heterocycles. The molecule has 222 valence electrons. The molecule has 0 saturated heterocycles. The van der Waals surface area contributed by atoms with Gasteiger partial charge in [-0.15, -0.1) is 0 Å². The fraction of sp³-hybridized carbons (Fsp3) is 0.500. The first-order chi connectivity index (χ1) is 19.0. The summed E-state index contributed by atoms with van der Waals surface area (Å²) in [6.07, 6.45) is 2.50. The van der Waals surface area contributed by atoms with E-state index in [0.29, 0.717) is 30.2 Å². The summed E-state index contributed by atoms with van der Waals surface area (Å²) in [6.45, 7) is 3.70.